The van der Waals surface area contributed by atoms with Crippen molar-refractivity contribution in [3.05, 3.63) is 157 Å². The number of aromatic nitrogens is 4. The number of carbonyl (C=O) groups excluding carboxylic acids is 9. The van der Waals surface area contributed by atoms with Crippen molar-refractivity contribution in [2.45, 2.75) is 216 Å². The van der Waals surface area contributed by atoms with Crippen molar-refractivity contribution in [3.8, 4) is 0 Å². The number of thiazole rings is 2. The predicted molar refractivity (Wildman–Crippen MR) is 456 cm³/mol. The number of pyridine rings is 2. The number of likely N-dealkylation sites (tertiary alicyclic amines) is 1. The number of piperidine rings is 3. The van der Waals surface area contributed by atoms with Crippen LogP contribution in [0.4, 0.5) is 54.8 Å². The van der Waals surface area contributed by atoms with Gasteiger partial charge in [0.25, 0.3) is 35.4 Å². The van der Waals surface area contributed by atoms with Crippen molar-refractivity contribution in [2.75, 3.05) is 72.5 Å². The third kappa shape index (κ3) is 17.7. The molecular formula is C91H100F6N14O12S2. The molecule has 9 heterocycles. The lowest BCUT2D eigenvalue weighted by molar-refractivity contribution is -0.142. The SMILES string of the molecule is CN(C[C@H]1CC[C@H](c2nc3cc(C(C)(C)O)c(NC(=O)c4cccc(C(F)(F)F)n4)cc3s2)CC1)[C@H]1CCC2(CC1)C[C@@H](CNc1cc(N3C(=O)CCC(N4C(=O)c5cccc(NCC6CCN(C[C@H]7CC[C@H](c8nc9cc(C(C)(C)O)c(NC(O)c%10cccc(C(F)(F)F)n%10)cc9s8)CC7)CC6)c5C4=O)C3=O)cc3c1C(=O)N(C1CCC(=O)NC1=O)C3=O)C2. The van der Waals surface area contributed by atoms with E-state index >= 15 is 4.79 Å². The smallest absolute Gasteiger partial charge is 0.386 e. The topological polar surface area (TPSA) is 342 Å². The van der Waals surface area contributed by atoms with E-state index in [-0.39, 0.29) is 99.8 Å². The van der Waals surface area contributed by atoms with Gasteiger partial charge in [-0.05, 0) is 265 Å². The molecule has 3 atom stereocenters. The van der Waals surface area contributed by atoms with E-state index in [4.69, 9.17) is 9.97 Å². The summed E-state index contributed by atoms with van der Waals surface area (Å²) in [4.78, 5) is 152. The maximum atomic E-state index is 15.2. The lowest BCUT2D eigenvalue weighted by Gasteiger charge is -2.53. The fourth-order valence-electron chi connectivity index (χ4n) is 20.7. The summed E-state index contributed by atoms with van der Waals surface area (Å²) < 4.78 is 82.5. The van der Waals surface area contributed by atoms with E-state index in [0.717, 1.165) is 181 Å². The van der Waals surface area contributed by atoms with Gasteiger partial charge in [0.15, 0.2) is 6.23 Å². The fourth-order valence-corrected chi connectivity index (χ4v) is 23.0. The number of nitrogens with one attached hydrogen (secondary N) is 5. The van der Waals surface area contributed by atoms with Gasteiger partial charge in [-0.1, -0.05) is 18.2 Å². The van der Waals surface area contributed by atoms with Crippen LogP contribution in [0.25, 0.3) is 20.4 Å². The van der Waals surface area contributed by atoms with Gasteiger partial charge < -0.3 is 46.4 Å². The Kier molecular flexibility index (Phi) is 23.5. The van der Waals surface area contributed by atoms with Crippen LogP contribution in [0.2, 0.25) is 0 Å². The zero-order chi connectivity index (χ0) is 88.3. The summed E-state index contributed by atoms with van der Waals surface area (Å²) in [6.45, 7) is 10.8. The van der Waals surface area contributed by atoms with Gasteiger partial charge >= 0.3 is 12.4 Å². The number of rotatable bonds is 23. The minimum atomic E-state index is -4.74. The van der Waals surface area contributed by atoms with Gasteiger partial charge in [0.2, 0.25) is 17.7 Å². The summed E-state index contributed by atoms with van der Waals surface area (Å²) >= 11 is 3.04. The zero-order valence-electron chi connectivity index (χ0n) is 69.9. The molecule has 660 valence electrons. The number of carbonyl (C=O) groups is 9. The standard InChI is InChI=1S/C91H100F6N14O12S2/c1-87(2,122)57-37-64-69(39-62(57)102-77(114)60-11-7-13-71(100-60)90(92,93)94)124-80(104-64)51-19-15-48(16-20-51)45-107(5)53-27-31-89(32-28-53)41-50(42-89)44-99-66-36-54(35-56-76(66)86(121)110(83(56)118)67-23-25-73(112)106-79(67)116)109-74(113)26-24-68(84(109)119)111-82(117)55-9-6-10-59(75(55)85(111)120)98-43-47-29-33-108(34-30-47)46-49-17-21-52(22-18-49)81-105-65-38-58(88(3,4)123)63(40-70(65)125-81)103-78(115)61-12-8-14-72(101-61)91(95,96)97/h6-14,35-40,47-53,67-68,78,98-99,103,115,122-123H,15-34,41-46H2,1-5H3,(H,102,114)(H,106,112,116)/t48-,49-,50-,51-,52-,53-,67?,68?,78?,89?. The first-order valence-corrected chi connectivity index (χ1v) is 44.9. The van der Waals surface area contributed by atoms with E-state index in [0.29, 0.717) is 64.5 Å². The van der Waals surface area contributed by atoms with E-state index in [1.54, 1.807) is 70.2 Å². The Morgan fingerprint density at radius 2 is 1.13 bits per heavy atom. The monoisotopic (exact) mass is 1760 g/mol. The average Bonchev–Trinajstić information content (AvgIpc) is 1.57. The van der Waals surface area contributed by atoms with Gasteiger partial charge in [-0.2, -0.15) is 26.3 Å². The molecule has 0 radical (unpaired) electrons. The number of halogens is 6. The number of imide groups is 4. The highest BCUT2D eigenvalue weighted by Gasteiger charge is 2.53. The third-order valence-corrected chi connectivity index (χ3v) is 29.8. The summed E-state index contributed by atoms with van der Waals surface area (Å²) in [5, 5.41) is 50.1. The van der Waals surface area contributed by atoms with Crippen LogP contribution in [0, 0.1) is 29.1 Å². The Hall–Kier alpha value is -10.2. The number of hydrogen-bond acceptors (Lipinski definition) is 23. The van der Waals surface area contributed by atoms with Crippen LogP contribution in [-0.2, 0) is 42.7 Å². The van der Waals surface area contributed by atoms with Crippen molar-refractivity contribution in [1.82, 2.24) is 44.9 Å². The second-order valence-corrected chi connectivity index (χ2v) is 39.0. The van der Waals surface area contributed by atoms with Crippen molar-refractivity contribution >= 4 is 125 Å². The van der Waals surface area contributed by atoms with Crippen LogP contribution >= 0.6 is 22.7 Å². The number of amides is 9. The molecule has 5 aliphatic heterocycles. The molecule has 26 nitrogen and oxygen atoms in total. The molecule has 4 saturated carbocycles. The Bertz CT molecular complexity index is 5630. The lowest BCUT2D eigenvalue weighted by atomic mass is 9.55. The highest BCUT2D eigenvalue weighted by Crippen LogP contribution is 2.56. The Labute approximate surface area is 725 Å². The van der Waals surface area contributed by atoms with E-state index in [9.17, 15) is 80.0 Å². The summed E-state index contributed by atoms with van der Waals surface area (Å²) in [5.41, 5.74) is -2.41. The molecule has 8 aromatic rings. The zero-order valence-corrected chi connectivity index (χ0v) is 71.6. The lowest BCUT2D eigenvalue weighted by Crippen LogP contribution is -2.56. The number of hydrogen-bond donors (Lipinski definition) is 8. The predicted octanol–water partition coefficient (Wildman–Crippen LogP) is 15.0. The highest BCUT2D eigenvalue weighted by atomic mass is 32.1. The molecule has 3 saturated heterocycles. The maximum Gasteiger partial charge on any atom is 0.433 e. The molecule has 125 heavy (non-hydrogen) atoms. The van der Waals surface area contributed by atoms with E-state index in [1.165, 1.54) is 53.0 Å². The van der Waals surface area contributed by atoms with Gasteiger partial charge in [0, 0.05) is 90.8 Å². The second-order valence-electron chi connectivity index (χ2n) is 36.9. The Morgan fingerprint density at radius 1 is 0.576 bits per heavy atom. The quantitative estimate of drug-likeness (QED) is 0.0167. The third-order valence-electron chi connectivity index (χ3n) is 27.4. The second kappa shape index (κ2) is 33.8. The first-order chi connectivity index (χ1) is 59.4. The van der Waals surface area contributed by atoms with Crippen LogP contribution in [0.5, 0.6) is 0 Å². The molecule has 4 aromatic heterocycles. The number of alkyl halides is 6. The van der Waals surface area contributed by atoms with Crippen LogP contribution in [0.15, 0.2) is 91.0 Å². The largest absolute Gasteiger partial charge is 0.433 e. The molecule has 17 rings (SSSR count). The molecule has 4 aliphatic carbocycles. The summed E-state index contributed by atoms with van der Waals surface area (Å²) in [6, 6.07) is 18.8. The van der Waals surface area contributed by atoms with E-state index in [1.807, 2.05) is 0 Å². The highest BCUT2D eigenvalue weighted by molar-refractivity contribution is 7.19. The van der Waals surface area contributed by atoms with Gasteiger partial charge in [-0.3, -0.25) is 58.3 Å². The van der Waals surface area contributed by atoms with Gasteiger partial charge in [0.1, 0.15) is 29.2 Å². The number of fused-ring (bicyclic) bond motifs is 4. The van der Waals surface area contributed by atoms with Gasteiger partial charge in [-0.15, -0.1) is 22.7 Å². The van der Waals surface area contributed by atoms with Crippen LogP contribution in [0.1, 0.15) is 264 Å². The molecular weight excluding hydrogens is 1660 g/mol. The number of nitrogens with zero attached hydrogens (tertiary/aromatic N) is 9. The molecule has 1 spiro atoms. The number of benzene rings is 4. The van der Waals surface area contributed by atoms with Gasteiger partial charge in [-0.25, -0.2) is 24.8 Å². The van der Waals surface area contributed by atoms with Crippen LogP contribution < -0.4 is 31.5 Å². The fraction of sp³-hybridized carbons (Fsp3) is 0.505. The Balaban J connectivity index is 0.493. The number of anilines is 5. The molecule has 34 heteroatoms. The van der Waals surface area contributed by atoms with E-state index < -0.39 is 112 Å². The first kappa shape index (κ1) is 86.9. The Morgan fingerprint density at radius 3 is 1.75 bits per heavy atom. The molecule has 7 fully saturated rings. The molecule has 9 aliphatic rings. The average molecular weight is 1760 g/mol. The van der Waals surface area contributed by atoms with Crippen molar-refractivity contribution in [1.29, 1.82) is 0 Å². The molecule has 9 amide bonds. The molecule has 8 N–H and O–H groups in total. The van der Waals surface area contributed by atoms with Gasteiger partial charge in [0.05, 0.1) is 75.3 Å². The minimum Gasteiger partial charge on any atom is -0.386 e. The van der Waals surface area contributed by atoms with E-state index in [2.05, 4.69) is 53.4 Å². The van der Waals surface area contributed by atoms with Crippen molar-refractivity contribution in [3.63, 3.8) is 0 Å². The molecule has 3 unspecified atom stereocenters. The van der Waals surface area contributed by atoms with Crippen LogP contribution in [-0.4, -0.2) is 172 Å². The summed E-state index contributed by atoms with van der Waals surface area (Å²) in [6.07, 6.45) is 3.69. The number of aliphatic hydroxyl groups is 3. The van der Waals surface area contributed by atoms with Crippen molar-refractivity contribution in [2.24, 2.45) is 29.1 Å². The molecule has 0 bridgehead atoms. The summed E-state index contributed by atoms with van der Waals surface area (Å²) in [7, 11) is 2.21. The van der Waals surface area contributed by atoms with Crippen LogP contribution in [0.3, 0.4) is 0 Å². The maximum absolute atomic E-state index is 15.2. The van der Waals surface area contributed by atoms with Crippen molar-refractivity contribution < 1.29 is 84.8 Å². The normalized spacial score (nSPS) is 24.6. The minimum absolute atomic E-state index is 0.0500. The number of aliphatic hydroxyl groups excluding tert-OH is 1. The molecule has 4 aromatic carbocycles. The first-order valence-electron chi connectivity index (χ1n) is 43.3. The summed E-state index contributed by atoms with van der Waals surface area (Å²) in [5.74, 6) is -5.01.